The van der Waals surface area contributed by atoms with Crippen LogP contribution in [0.1, 0.15) is 30.1 Å². The Morgan fingerprint density at radius 1 is 1.50 bits per heavy atom. The summed E-state index contributed by atoms with van der Waals surface area (Å²) in [5, 5.41) is 9.00. The number of carboxylic acid groups (broad SMARTS) is 1. The molecule has 2 rings (SSSR count). The number of rotatable bonds is 4. The molecule has 0 aromatic carbocycles. The summed E-state index contributed by atoms with van der Waals surface area (Å²) in [5.41, 5.74) is 0.0787. The lowest BCUT2D eigenvalue weighted by Gasteiger charge is -2.26. The standard InChI is InChI=1S/C12H13FN2O3/c1-7(12(17)18)15(10-2-3-10)11(16)8-4-9(13)6-14-5-8/h4-7,10H,2-3H2,1H3,(H,17,18). The summed E-state index contributed by atoms with van der Waals surface area (Å²) in [7, 11) is 0. The first kappa shape index (κ1) is 12.5. The van der Waals surface area contributed by atoms with Crippen molar-refractivity contribution in [3.8, 4) is 0 Å². The molecule has 1 aromatic heterocycles. The number of carboxylic acids is 1. The number of hydrogen-bond acceptors (Lipinski definition) is 3. The van der Waals surface area contributed by atoms with Gasteiger partial charge in [-0.05, 0) is 25.8 Å². The minimum atomic E-state index is -1.07. The second-order valence-corrected chi connectivity index (χ2v) is 4.35. The van der Waals surface area contributed by atoms with Gasteiger partial charge in [-0.2, -0.15) is 0 Å². The van der Waals surface area contributed by atoms with Gasteiger partial charge in [0.25, 0.3) is 5.91 Å². The van der Waals surface area contributed by atoms with Gasteiger partial charge in [-0.1, -0.05) is 0 Å². The van der Waals surface area contributed by atoms with E-state index in [0.717, 1.165) is 25.1 Å². The highest BCUT2D eigenvalue weighted by Crippen LogP contribution is 2.30. The molecule has 0 bridgehead atoms. The molecule has 6 heteroatoms. The van der Waals surface area contributed by atoms with E-state index in [2.05, 4.69) is 4.98 Å². The SMILES string of the molecule is CC(C(=O)O)N(C(=O)c1cncc(F)c1)C1CC1. The smallest absolute Gasteiger partial charge is 0.326 e. The maximum atomic E-state index is 13.0. The van der Waals surface area contributed by atoms with Crippen LogP contribution in [0.5, 0.6) is 0 Å². The molecular weight excluding hydrogens is 239 g/mol. The topological polar surface area (TPSA) is 70.5 Å². The van der Waals surface area contributed by atoms with Crippen LogP contribution in [-0.4, -0.2) is 39.0 Å². The normalized spacial score (nSPS) is 16.1. The maximum absolute atomic E-state index is 13.0. The van der Waals surface area contributed by atoms with Crippen LogP contribution in [0.15, 0.2) is 18.5 Å². The van der Waals surface area contributed by atoms with Crippen molar-refractivity contribution in [1.29, 1.82) is 0 Å². The van der Waals surface area contributed by atoms with Crippen molar-refractivity contribution in [1.82, 2.24) is 9.88 Å². The van der Waals surface area contributed by atoms with E-state index in [-0.39, 0.29) is 11.6 Å². The van der Waals surface area contributed by atoms with Crippen molar-refractivity contribution in [2.45, 2.75) is 31.8 Å². The largest absolute Gasteiger partial charge is 0.480 e. The highest BCUT2D eigenvalue weighted by atomic mass is 19.1. The van der Waals surface area contributed by atoms with Crippen LogP contribution in [0.3, 0.4) is 0 Å². The molecule has 5 nitrogen and oxygen atoms in total. The molecule has 1 atom stereocenters. The Balaban J connectivity index is 2.26. The monoisotopic (exact) mass is 252 g/mol. The minimum Gasteiger partial charge on any atom is -0.480 e. The van der Waals surface area contributed by atoms with Crippen molar-refractivity contribution >= 4 is 11.9 Å². The molecule has 0 saturated heterocycles. The van der Waals surface area contributed by atoms with E-state index < -0.39 is 23.7 Å². The van der Waals surface area contributed by atoms with Crippen LogP contribution < -0.4 is 0 Å². The predicted molar refractivity (Wildman–Crippen MR) is 60.5 cm³/mol. The van der Waals surface area contributed by atoms with Crippen LogP contribution in [-0.2, 0) is 4.79 Å². The second-order valence-electron chi connectivity index (χ2n) is 4.35. The van der Waals surface area contributed by atoms with Crippen LogP contribution >= 0.6 is 0 Å². The van der Waals surface area contributed by atoms with Gasteiger partial charge in [-0.15, -0.1) is 0 Å². The summed E-state index contributed by atoms with van der Waals surface area (Å²) < 4.78 is 13.0. The number of carbonyl (C=O) groups is 2. The molecule has 0 aliphatic heterocycles. The van der Waals surface area contributed by atoms with Gasteiger partial charge >= 0.3 is 5.97 Å². The second kappa shape index (κ2) is 4.72. The Hall–Kier alpha value is -1.98. The number of aliphatic carboxylic acids is 1. The molecule has 18 heavy (non-hydrogen) atoms. The Kier molecular flexibility index (Phi) is 3.27. The third-order valence-electron chi connectivity index (χ3n) is 2.90. The molecule has 96 valence electrons. The summed E-state index contributed by atoms with van der Waals surface area (Å²) in [6.45, 7) is 1.45. The van der Waals surface area contributed by atoms with Gasteiger partial charge in [-0.25, -0.2) is 9.18 Å². The Morgan fingerprint density at radius 2 is 2.17 bits per heavy atom. The van der Waals surface area contributed by atoms with Gasteiger partial charge in [0.15, 0.2) is 0 Å². The summed E-state index contributed by atoms with van der Waals surface area (Å²) in [6.07, 6.45) is 3.81. The Labute approximate surface area is 103 Å². The van der Waals surface area contributed by atoms with E-state index in [0.29, 0.717) is 0 Å². The molecule has 1 aromatic rings. The Morgan fingerprint density at radius 3 is 2.67 bits per heavy atom. The van der Waals surface area contributed by atoms with Crippen molar-refractivity contribution in [3.63, 3.8) is 0 Å². The molecule has 1 heterocycles. The van der Waals surface area contributed by atoms with Gasteiger partial charge < -0.3 is 10.0 Å². The van der Waals surface area contributed by atoms with E-state index in [1.165, 1.54) is 18.0 Å². The zero-order valence-electron chi connectivity index (χ0n) is 9.84. The lowest BCUT2D eigenvalue weighted by atomic mass is 10.2. The molecule has 0 spiro atoms. The van der Waals surface area contributed by atoms with E-state index in [4.69, 9.17) is 5.11 Å². The molecule has 1 aliphatic rings. The molecular formula is C12H13FN2O3. The highest BCUT2D eigenvalue weighted by Gasteiger charge is 2.38. The molecule has 0 radical (unpaired) electrons. The van der Waals surface area contributed by atoms with E-state index >= 15 is 0 Å². The fourth-order valence-electron chi connectivity index (χ4n) is 1.81. The van der Waals surface area contributed by atoms with Crippen molar-refractivity contribution in [2.75, 3.05) is 0 Å². The lowest BCUT2D eigenvalue weighted by Crippen LogP contribution is -2.44. The third-order valence-corrected chi connectivity index (χ3v) is 2.90. The maximum Gasteiger partial charge on any atom is 0.326 e. The van der Waals surface area contributed by atoms with E-state index in [1.807, 2.05) is 0 Å². The summed E-state index contributed by atoms with van der Waals surface area (Å²) >= 11 is 0. The fraction of sp³-hybridized carbons (Fsp3) is 0.417. The van der Waals surface area contributed by atoms with Gasteiger partial charge in [0.1, 0.15) is 11.9 Å². The predicted octanol–water partition coefficient (Wildman–Crippen LogP) is 1.30. The van der Waals surface area contributed by atoms with Gasteiger partial charge in [0, 0.05) is 12.2 Å². The fourth-order valence-corrected chi connectivity index (χ4v) is 1.81. The van der Waals surface area contributed by atoms with Gasteiger partial charge in [0.2, 0.25) is 0 Å². The molecule has 1 unspecified atom stereocenters. The van der Waals surface area contributed by atoms with Crippen LogP contribution in [0.4, 0.5) is 4.39 Å². The summed E-state index contributed by atoms with van der Waals surface area (Å²) in [6, 6.07) is 0.0827. The average molecular weight is 252 g/mol. The number of halogens is 1. The first-order chi connectivity index (χ1) is 8.50. The summed E-state index contributed by atoms with van der Waals surface area (Å²) in [4.78, 5) is 28.1. The summed E-state index contributed by atoms with van der Waals surface area (Å²) in [5.74, 6) is -2.17. The third kappa shape index (κ3) is 2.47. The highest BCUT2D eigenvalue weighted by molar-refractivity contribution is 5.96. The molecule has 1 aliphatic carbocycles. The minimum absolute atomic E-state index is 0.0631. The van der Waals surface area contributed by atoms with E-state index in [1.54, 1.807) is 0 Å². The zero-order chi connectivity index (χ0) is 13.3. The quantitative estimate of drug-likeness (QED) is 0.876. The van der Waals surface area contributed by atoms with Crippen molar-refractivity contribution in [2.24, 2.45) is 0 Å². The first-order valence-electron chi connectivity index (χ1n) is 5.66. The average Bonchev–Trinajstić information content (AvgIpc) is 3.13. The zero-order valence-corrected chi connectivity index (χ0v) is 9.84. The van der Waals surface area contributed by atoms with Crippen molar-refractivity contribution < 1.29 is 19.1 Å². The van der Waals surface area contributed by atoms with Crippen LogP contribution in [0.2, 0.25) is 0 Å². The lowest BCUT2D eigenvalue weighted by molar-refractivity contribution is -0.141. The molecule has 1 N–H and O–H groups in total. The van der Waals surface area contributed by atoms with Gasteiger partial charge in [-0.3, -0.25) is 9.78 Å². The Bertz CT molecular complexity index is 488. The molecule has 1 amide bonds. The number of aromatic nitrogens is 1. The number of nitrogens with zero attached hydrogens (tertiary/aromatic N) is 2. The van der Waals surface area contributed by atoms with E-state index in [9.17, 15) is 14.0 Å². The van der Waals surface area contributed by atoms with Crippen LogP contribution in [0.25, 0.3) is 0 Å². The molecule has 1 fully saturated rings. The number of carbonyl (C=O) groups excluding carboxylic acids is 1. The number of pyridine rings is 1. The first-order valence-corrected chi connectivity index (χ1v) is 5.66. The molecule has 1 saturated carbocycles. The number of hydrogen-bond donors (Lipinski definition) is 1. The van der Waals surface area contributed by atoms with Crippen LogP contribution in [0, 0.1) is 5.82 Å². The van der Waals surface area contributed by atoms with Gasteiger partial charge in [0.05, 0.1) is 11.8 Å². The number of amides is 1. The van der Waals surface area contributed by atoms with Crippen molar-refractivity contribution in [3.05, 3.63) is 29.8 Å².